The molecule has 0 radical (unpaired) electrons. The first-order valence-electron chi connectivity index (χ1n) is 5.65. The summed E-state index contributed by atoms with van der Waals surface area (Å²) in [5.41, 5.74) is -0.142. The van der Waals surface area contributed by atoms with E-state index < -0.39 is 0 Å². The van der Waals surface area contributed by atoms with Gasteiger partial charge in [0, 0.05) is 7.11 Å². The van der Waals surface area contributed by atoms with Crippen molar-refractivity contribution in [3.8, 4) is 0 Å². The molecule has 3 heteroatoms. The van der Waals surface area contributed by atoms with Gasteiger partial charge in [0.1, 0.15) is 0 Å². The molecule has 0 amide bonds. The van der Waals surface area contributed by atoms with Gasteiger partial charge in [-0.3, -0.25) is 0 Å². The van der Waals surface area contributed by atoms with Gasteiger partial charge in [0.05, 0.1) is 18.8 Å². The van der Waals surface area contributed by atoms with Crippen LogP contribution >= 0.6 is 0 Å². The molecule has 2 N–H and O–H groups in total. The average molecular weight is 199 g/mol. The second-order valence-electron chi connectivity index (χ2n) is 4.85. The van der Waals surface area contributed by atoms with E-state index in [1.165, 1.54) is 25.7 Å². The van der Waals surface area contributed by atoms with E-state index in [0.717, 1.165) is 12.5 Å². The quantitative estimate of drug-likeness (QED) is 0.636. The zero-order valence-corrected chi connectivity index (χ0v) is 8.96. The lowest BCUT2D eigenvalue weighted by Gasteiger charge is -2.32. The van der Waals surface area contributed by atoms with E-state index in [-0.39, 0.29) is 12.1 Å². The van der Waals surface area contributed by atoms with Crippen molar-refractivity contribution < 1.29 is 9.84 Å². The van der Waals surface area contributed by atoms with Crippen molar-refractivity contribution in [1.82, 2.24) is 5.32 Å². The van der Waals surface area contributed by atoms with Crippen molar-refractivity contribution in [2.45, 2.75) is 31.2 Å². The standard InChI is InChI=1S/C11H21NO2/c1-14-8-11(7-13,10-4-5-10)12-6-9-2-3-9/h9-10,12-13H,2-8H2,1H3. The van der Waals surface area contributed by atoms with Crippen LogP contribution in [0.15, 0.2) is 0 Å². The molecular formula is C11H21NO2. The summed E-state index contributed by atoms with van der Waals surface area (Å²) in [7, 11) is 1.71. The number of ether oxygens (including phenoxy) is 1. The van der Waals surface area contributed by atoms with E-state index >= 15 is 0 Å². The molecule has 0 aromatic carbocycles. The first-order chi connectivity index (χ1) is 6.80. The fourth-order valence-corrected chi connectivity index (χ4v) is 2.11. The van der Waals surface area contributed by atoms with E-state index in [0.29, 0.717) is 12.5 Å². The molecule has 2 saturated carbocycles. The topological polar surface area (TPSA) is 41.5 Å². The molecule has 3 nitrogen and oxygen atoms in total. The van der Waals surface area contributed by atoms with E-state index in [4.69, 9.17) is 4.74 Å². The Labute approximate surface area is 85.8 Å². The second-order valence-corrected chi connectivity index (χ2v) is 4.85. The summed E-state index contributed by atoms with van der Waals surface area (Å²) in [6.07, 6.45) is 5.18. The Morgan fingerprint density at radius 2 is 2.07 bits per heavy atom. The number of methoxy groups -OCH3 is 1. The lowest BCUT2D eigenvalue weighted by atomic mass is 9.95. The summed E-state index contributed by atoms with van der Waals surface area (Å²) >= 11 is 0. The van der Waals surface area contributed by atoms with Crippen LogP contribution in [0.3, 0.4) is 0 Å². The summed E-state index contributed by atoms with van der Waals surface area (Å²) in [5.74, 6) is 1.49. The summed E-state index contributed by atoms with van der Waals surface area (Å²) in [6, 6.07) is 0. The first-order valence-corrected chi connectivity index (χ1v) is 5.65. The van der Waals surface area contributed by atoms with Crippen LogP contribution in [0.5, 0.6) is 0 Å². The number of hydrogen-bond acceptors (Lipinski definition) is 3. The lowest BCUT2D eigenvalue weighted by Crippen LogP contribution is -2.54. The minimum atomic E-state index is -0.142. The van der Waals surface area contributed by atoms with Crippen molar-refractivity contribution in [3.63, 3.8) is 0 Å². The third kappa shape index (κ3) is 2.27. The van der Waals surface area contributed by atoms with Gasteiger partial charge < -0.3 is 15.2 Å². The normalized spacial score (nSPS) is 26.1. The van der Waals surface area contributed by atoms with Crippen LogP contribution in [0.1, 0.15) is 25.7 Å². The van der Waals surface area contributed by atoms with Gasteiger partial charge in [-0.25, -0.2) is 0 Å². The van der Waals surface area contributed by atoms with Gasteiger partial charge in [0.25, 0.3) is 0 Å². The maximum Gasteiger partial charge on any atom is 0.0679 e. The maximum atomic E-state index is 9.51. The van der Waals surface area contributed by atoms with E-state index in [9.17, 15) is 5.11 Å². The number of aliphatic hydroxyl groups excluding tert-OH is 1. The Balaban J connectivity index is 1.87. The third-order valence-electron chi connectivity index (χ3n) is 3.48. The first kappa shape index (κ1) is 10.4. The minimum Gasteiger partial charge on any atom is -0.394 e. The predicted molar refractivity (Wildman–Crippen MR) is 55.1 cm³/mol. The number of hydrogen-bond donors (Lipinski definition) is 2. The Bertz CT molecular complexity index is 190. The van der Waals surface area contributed by atoms with Gasteiger partial charge in [0.2, 0.25) is 0 Å². The molecule has 2 fully saturated rings. The molecular weight excluding hydrogens is 178 g/mol. The highest BCUT2D eigenvalue weighted by atomic mass is 16.5. The summed E-state index contributed by atoms with van der Waals surface area (Å²) in [4.78, 5) is 0. The Morgan fingerprint density at radius 3 is 2.50 bits per heavy atom. The average Bonchev–Trinajstić information content (AvgIpc) is 3.05. The summed E-state index contributed by atoms with van der Waals surface area (Å²) in [5, 5.41) is 13.0. The fraction of sp³-hybridized carbons (Fsp3) is 1.00. The molecule has 2 aliphatic carbocycles. The maximum absolute atomic E-state index is 9.51. The monoisotopic (exact) mass is 199 g/mol. The molecule has 82 valence electrons. The van der Waals surface area contributed by atoms with Gasteiger partial charge in [0.15, 0.2) is 0 Å². The zero-order valence-electron chi connectivity index (χ0n) is 8.96. The number of nitrogens with one attached hydrogen (secondary N) is 1. The van der Waals surface area contributed by atoms with Gasteiger partial charge in [-0.1, -0.05) is 0 Å². The van der Waals surface area contributed by atoms with Gasteiger partial charge >= 0.3 is 0 Å². The van der Waals surface area contributed by atoms with Crippen LogP contribution in [0.4, 0.5) is 0 Å². The Hall–Kier alpha value is -0.120. The molecule has 0 spiro atoms. The second kappa shape index (κ2) is 4.17. The fourth-order valence-electron chi connectivity index (χ4n) is 2.11. The predicted octanol–water partition coefficient (Wildman–Crippen LogP) is 0.773. The third-order valence-corrected chi connectivity index (χ3v) is 3.48. The van der Waals surface area contributed by atoms with Gasteiger partial charge in [-0.2, -0.15) is 0 Å². The van der Waals surface area contributed by atoms with Crippen molar-refractivity contribution in [2.75, 3.05) is 26.9 Å². The number of rotatable bonds is 7. The number of aliphatic hydroxyl groups is 1. The molecule has 0 aliphatic heterocycles. The molecule has 2 aliphatic rings. The lowest BCUT2D eigenvalue weighted by molar-refractivity contribution is 0.0475. The van der Waals surface area contributed by atoms with Crippen LogP contribution in [-0.4, -0.2) is 37.5 Å². The molecule has 0 saturated heterocycles. The largest absolute Gasteiger partial charge is 0.394 e. The molecule has 0 aromatic heterocycles. The highest BCUT2D eigenvalue weighted by Gasteiger charge is 2.45. The molecule has 0 aromatic rings. The SMILES string of the molecule is COCC(CO)(NCC1CC1)C1CC1. The van der Waals surface area contributed by atoms with E-state index in [1.54, 1.807) is 7.11 Å². The molecule has 0 bridgehead atoms. The van der Waals surface area contributed by atoms with Crippen molar-refractivity contribution in [1.29, 1.82) is 0 Å². The van der Waals surface area contributed by atoms with Gasteiger partial charge in [-0.05, 0) is 44.1 Å². The van der Waals surface area contributed by atoms with Crippen LogP contribution in [-0.2, 0) is 4.74 Å². The van der Waals surface area contributed by atoms with Crippen LogP contribution in [0.2, 0.25) is 0 Å². The summed E-state index contributed by atoms with van der Waals surface area (Å²) in [6.45, 7) is 1.90. The molecule has 0 heterocycles. The van der Waals surface area contributed by atoms with Crippen molar-refractivity contribution in [3.05, 3.63) is 0 Å². The highest BCUT2D eigenvalue weighted by Crippen LogP contribution is 2.40. The van der Waals surface area contributed by atoms with Crippen molar-refractivity contribution >= 4 is 0 Å². The minimum absolute atomic E-state index is 0.142. The molecule has 1 unspecified atom stereocenters. The Morgan fingerprint density at radius 1 is 1.36 bits per heavy atom. The van der Waals surface area contributed by atoms with Crippen LogP contribution in [0, 0.1) is 11.8 Å². The molecule has 14 heavy (non-hydrogen) atoms. The zero-order chi connectivity index (χ0) is 10.0. The van der Waals surface area contributed by atoms with Crippen LogP contribution < -0.4 is 5.32 Å². The Kier molecular flexibility index (Phi) is 3.10. The van der Waals surface area contributed by atoms with Gasteiger partial charge in [-0.15, -0.1) is 0 Å². The van der Waals surface area contributed by atoms with E-state index in [2.05, 4.69) is 5.32 Å². The van der Waals surface area contributed by atoms with E-state index in [1.807, 2.05) is 0 Å². The smallest absolute Gasteiger partial charge is 0.0679 e. The summed E-state index contributed by atoms with van der Waals surface area (Å²) < 4.78 is 5.23. The molecule has 1 atom stereocenters. The van der Waals surface area contributed by atoms with Crippen molar-refractivity contribution in [2.24, 2.45) is 11.8 Å². The highest BCUT2D eigenvalue weighted by molar-refractivity contribution is 5.01. The van der Waals surface area contributed by atoms with Crippen LogP contribution in [0.25, 0.3) is 0 Å². The molecule has 2 rings (SSSR count).